The lowest BCUT2D eigenvalue weighted by Gasteiger charge is -2.11. The molecule has 1 aromatic carbocycles. The number of hydrogen-bond donors (Lipinski definition) is 1. The van der Waals surface area contributed by atoms with Crippen molar-refractivity contribution in [1.82, 2.24) is 15.2 Å². The number of nitrogens with zero attached hydrogens (tertiary/aromatic N) is 3. The Kier molecular flexibility index (Phi) is 6.84. The van der Waals surface area contributed by atoms with E-state index in [1.807, 2.05) is 0 Å². The van der Waals surface area contributed by atoms with E-state index in [-0.39, 0.29) is 17.4 Å². The van der Waals surface area contributed by atoms with Crippen molar-refractivity contribution >= 4 is 29.1 Å². The summed E-state index contributed by atoms with van der Waals surface area (Å²) in [6, 6.07) is 8.45. The highest BCUT2D eigenvalue weighted by atomic mass is 32.2. The molecule has 0 saturated heterocycles. The number of ketones is 1. The normalized spacial score (nSPS) is 10.7. The summed E-state index contributed by atoms with van der Waals surface area (Å²) in [4.78, 5) is 29.2. The van der Waals surface area contributed by atoms with Crippen molar-refractivity contribution in [1.29, 1.82) is 0 Å². The van der Waals surface area contributed by atoms with Gasteiger partial charge in [0.15, 0.2) is 5.78 Å². The van der Waals surface area contributed by atoms with Gasteiger partial charge in [0.1, 0.15) is 17.1 Å². The van der Waals surface area contributed by atoms with Crippen LogP contribution >= 0.6 is 11.8 Å². The van der Waals surface area contributed by atoms with Crippen molar-refractivity contribution in [2.75, 3.05) is 18.2 Å². The minimum atomic E-state index is -0.170. The van der Waals surface area contributed by atoms with E-state index in [0.29, 0.717) is 40.0 Å². The Morgan fingerprint density at radius 2 is 1.76 bits per heavy atom. The van der Waals surface area contributed by atoms with Gasteiger partial charge in [-0.15, -0.1) is 10.2 Å². The number of Topliss-reactive ketones (excluding diaryl/α,β-unsaturated/α-hetero) is 1. The van der Waals surface area contributed by atoms with Gasteiger partial charge in [-0.05, 0) is 30.3 Å². The second-order valence-electron chi connectivity index (χ2n) is 6.84. The van der Waals surface area contributed by atoms with Crippen LogP contribution in [0.5, 0.6) is 5.75 Å². The number of carbonyl (C=O) groups is 2. The number of nitrogens with one attached hydrogen (secondary N) is 1. The van der Waals surface area contributed by atoms with E-state index in [1.165, 1.54) is 18.9 Å². The number of methoxy groups -OCH3 is 1. The number of thioether (sulfide) groups is 1. The zero-order valence-corrected chi connectivity index (χ0v) is 18.7. The van der Waals surface area contributed by atoms with E-state index in [9.17, 15) is 9.59 Å². The molecule has 0 atom stereocenters. The molecule has 10 heteroatoms. The number of anilines is 1. The molecule has 0 aliphatic heterocycles. The summed E-state index contributed by atoms with van der Waals surface area (Å²) in [6.45, 7) is 1.75. The predicted octanol–water partition coefficient (Wildman–Crippen LogP) is 4.72. The second kappa shape index (κ2) is 10.1. The Morgan fingerprint density at radius 3 is 2.39 bits per heavy atom. The van der Waals surface area contributed by atoms with Gasteiger partial charge in [-0.2, -0.15) is 0 Å². The maximum atomic E-state index is 12.8. The standard InChI is InChI=1S/C23H20N4O5S/c1-3-20(29)24-17-10-14(4-5-19(17)30-2)18(28)13-33-23-25-21(15-6-8-31-11-15)22(26-27-23)16-7-9-32-12-16/h4-12H,3,13H2,1-2H3,(H,24,29). The lowest BCUT2D eigenvalue weighted by atomic mass is 10.1. The average molecular weight is 465 g/mol. The van der Waals surface area contributed by atoms with Gasteiger partial charge in [-0.3, -0.25) is 9.59 Å². The van der Waals surface area contributed by atoms with Crippen LogP contribution in [0.1, 0.15) is 23.7 Å². The van der Waals surface area contributed by atoms with Gasteiger partial charge in [-0.25, -0.2) is 4.98 Å². The molecule has 3 heterocycles. The molecule has 33 heavy (non-hydrogen) atoms. The topological polar surface area (TPSA) is 120 Å². The van der Waals surface area contributed by atoms with Crippen molar-refractivity contribution in [3.63, 3.8) is 0 Å². The number of amides is 1. The van der Waals surface area contributed by atoms with Crippen molar-refractivity contribution in [2.24, 2.45) is 0 Å². The molecule has 0 fully saturated rings. The molecule has 168 valence electrons. The molecule has 0 radical (unpaired) electrons. The molecule has 1 N–H and O–H groups in total. The predicted molar refractivity (Wildman–Crippen MR) is 122 cm³/mol. The fourth-order valence-electron chi connectivity index (χ4n) is 3.00. The van der Waals surface area contributed by atoms with E-state index in [1.54, 1.807) is 62.3 Å². The Morgan fingerprint density at radius 1 is 1.03 bits per heavy atom. The Hall–Kier alpha value is -3.92. The maximum Gasteiger partial charge on any atom is 0.224 e. The number of rotatable bonds is 9. The van der Waals surface area contributed by atoms with Crippen LogP contribution in [0.3, 0.4) is 0 Å². The number of ether oxygens (including phenoxy) is 1. The smallest absolute Gasteiger partial charge is 0.224 e. The van der Waals surface area contributed by atoms with Crippen LogP contribution < -0.4 is 10.1 Å². The van der Waals surface area contributed by atoms with Gasteiger partial charge >= 0.3 is 0 Å². The summed E-state index contributed by atoms with van der Waals surface area (Å²) in [5.41, 5.74) is 3.48. The van der Waals surface area contributed by atoms with Gasteiger partial charge in [0.2, 0.25) is 11.1 Å². The summed E-state index contributed by atoms with van der Waals surface area (Å²) in [7, 11) is 1.50. The second-order valence-corrected chi connectivity index (χ2v) is 7.79. The summed E-state index contributed by atoms with van der Waals surface area (Å²) >= 11 is 1.17. The number of carbonyl (C=O) groups excluding carboxylic acids is 2. The molecule has 0 aliphatic rings. The minimum Gasteiger partial charge on any atom is -0.495 e. The van der Waals surface area contributed by atoms with Crippen molar-refractivity contribution in [3.05, 3.63) is 60.9 Å². The molecule has 0 saturated carbocycles. The van der Waals surface area contributed by atoms with Crippen molar-refractivity contribution < 1.29 is 23.2 Å². The monoisotopic (exact) mass is 464 g/mol. The van der Waals surface area contributed by atoms with Crippen LogP contribution in [0.2, 0.25) is 0 Å². The SMILES string of the molecule is CCC(=O)Nc1cc(C(=O)CSc2nnc(-c3ccoc3)c(-c3ccoc3)n2)ccc1OC. The third kappa shape index (κ3) is 5.12. The van der Waals surface area contributed by atoms with Gasteiger partial charge < -0.3 is 18.9 Å². The Bertz CT molecular complexity index is 1260. The molecule has 0 aliphatic carbocycles. The van der Waals surface area contributed by atoms with Crippen LogP contribution in [0.25, 0.3) is 22.5 Å². The zero-order valence-electron chi connectivity index (χ0n) is 17.9. The Labute approximate surface area is 193 Å². The van der Waals surface area contributed by atoms with E-state index < -0.39 is 0 Å². The third-order valence-electron chi connectivity index (χ3n) is 4.71. The average Bonchev–Trinajstić information content (AvgIpc) is 3.57. The fourth-order valence-corrected chi connectivity index (χ4v) is 3.68. The highest BCUT2D eigenvalue weighted by molar-refractivity contribution is 7.99. The maximum absolute atomic E-state index is 12.8. The largest absolute Gasteiger partial charge is 0.495 e. The van der Waals surface area contributed by atoms with Gasteiger partial charge in [0.25, 0.3) is 0 Å². The summed E-state index contributed by atoms with van der Waals surface area (Å²) in [5, 5.41) is 11.6. The summed E-state index contributed by atoms with van der Waals surface area (Å²) in [6.07, 6.45) is 6.53. The summed E-state index contributed by atoms with van der Waals surface area (Å²) < 4.78 is 15.6. The molecule has 0 spiro atoms. The number of aromatic nitrogens is 3. The highest BCUT2D eigenvalue weighted by Crippen LogP contribution is 2.31. The highest BCUT2D eigenvalue weighted by Gasteiger charge is 2.17. The molecule has 4 rings (SSSR count). The first-order chi connectivity index (χ1) is 16.1. The van der Waals surface area contributed by atoms with Crippen LogP contribution in [0.4, 0.5) is 5.69 Å². The first-order valence-corrected chi connectivity index (χ1v) is 11.0. The first-order valence-electron chi connectivity index (χ1n) is 10.0. The third-order valence-corrected chi connectivity index (χ3v) is 5.54. The molecular weight excluding hydrogens is 444 g/mol. The molecule has 3 aromatic heterocycles. The van der Waals surface area contributed by atoms with Crippen LogP contribution in [-0.4, -0.2) is 39.7 Å². The molecule has 4 aromatic rings. The lowest BCUT2D eigenvalue weighted by molar-refractivity contribution is -0.115. The zero-order chi connectivity index (χ0) is 23.2. The van der Waals surface area contributed by atoms with Crippen molar-refractivity contribution in [3.8, 4) is 28.3 Å². The van der Waals surface area contributed by atoms with Crippen LogP contribution in [-0.2, 0) is 4.79 Å². The quantitative estimate of drug-likeness (QED) is 0.277. The summed E-state index contributed by atoms with van der Waals surface area (Å²) in [5.74, 6) is 0.247. The molecular formula is C23H20N4O5S. The number of furan rings is 2. The van der Waals surface area contributed by atoms with E-state index in [4.69, 9.17) is 13.6 Å². The van der Waals surface area contributed by atoms with Crippen LogP contribution in [0.15, 0.2) is 69.4 Å². The molecule has 0 unspecified atom stereocenters. The van der Waals surface area contributed by atoms with E-state index in [2.05, 4.69) is 20.5 Å². The fraction of sp³-hybridized carbons (Fsp3) is 0.174. The molecule has 9 nitrogen and oxygen atoms in total. The Balaban J connectivity index is 1.53. The van der Waals surface area contributed by atoms with E-state index in [0.717, 1.165) is 11.1 Å². The number of benzene rings is 1. The van der Waals surface area contributed by atoms with Gasteiger partial charge in [0.05, 0.1) is 43.6 Å². The molecule has 1 amide bonds. The lowest BCUT2D eigenvalue weighted by Crippen LogP contribution is -2.12. The van der Waals surface area contributed by atoms with Crippen molar-refractivity contribution in [2.45, 2.75) is 18.5 Å². The minimum absolute atomic E-state index is 0.0884. The number of hydrogen-bond acceptors (Lipinski definition) is 9. The van der Waals surface area contributed by atoms with E-state index >= 15 is 0 Å². The first kappa shape index (κ1) is 22.3. The molecule has 0 bridgehead atoms. The van der Waals surface area contributed by atoms with Gasteiger partial charge in [-0.1, -0.05) is 18.7 Å². The van der Waals surface area contributed by atoms with Crippen LogP contribution in [0, 0.1) is 0 Å². The van der Waals surface area contributed by atoms with Gasteiger partial charge in [0, 0.05) is 23.1 Å².